The van der Waals surface area contributed by atoms with E-state index in [1.54, 1.807) is 41.8 Å². The fourth-order valence-electron chi connectivity index (χ4n) is 3.45. The maximum Gasteiger partial charge on any atom is 0.220 e. The molecule has 0 N–H and O–H groups in total. The van der Waals surface area contributed by atoms with Gasteiger partial charge in [0.2, 0.25) is 6.54 Å². The second-order valence-electron chi connectivity index (χ2n) is 7.66. The van der Waals surface area contributed by atoms with Crippen LogP contribution < -0.4 is 4.74 Å². The first-order valence-corrected chi connectivity index (χ1v) is 12.9. The molecule has 0 bridgehead atoms. The van der Waals surface area contributed by atoms with Gasteiger partial charge in [0.05, 0.1) is 10.0 Å². The third-order valence-electron chi connectivity index (χ3n) is 5.16. The molecule has 186 valence electrons. The second kappa shape index (κ2) is 11.7. The van der Waals surface area contributed by atoms with Gasteiger partial charge in [-0.15, -0.1) is 10.2 Å². The van der Waals surface area contributed by atoms with Gasteiger partial charge in [0.1, 0.15) is 17.7 Å². The van der Waals surface area contributed by atoms with Crippen molar-refractivity contribution < 1.29 is 9.66 Å². The van der Waals surface area contributed by atoms with Crippen molar-refractivity contribution in [3.05, 3.63) is 108 Å². The Morgan fingerprint density at radius 1 is 1.00 bits per heavy atom. The summed E-state index contributed by atoms with van der Waals surface area (Å²) in [5, 5.41) is 21.4. The first kappa shape index (κ1) is 26.6. The van der Waals surface area contributed by atoms with E-state index >= 15 is 0 Å². The van der Waals surface area contributed by atoms with E-state index in [2.05, 4.69) is 10.2 Å². The summed E-state index contributed by atoms with van der Waals surface area (Å²) in [6.07, 6.45) is 0. The highest BCUT2D eigenvalue weighted by molar-refractivity contribution is 7.99. The molecule has 36 heavy (non-hydrogen) atoms. The van der Waals surface area contributed by atoms with Gasteiger partial charge in [-0.3, -0.25) is 14.7 Å². The van der Waals surface area contributed by atoms with Crippen molar-refractivity contribution >= 4 is 58.2 Å². The van der Waals surface area contributed by atoms with Crippen molar-refractivity contribution in [2.75, 3.05) is 6.54 Å². The third-order valence-corrected chi connectivity index (χ3v) is 7.53. The van der Waals surface area contributed by atoms with Gasteiger partial charge in [0, 0.05) is 26.2 Å². The highest BCUT2D eigenvalue weighted by Gasteiger charge is 2.26. The Bertz CT molecular complexity index is 1380. The van der Waals surface area contributed by atoms with Gasteiger partial charge in [0.25, 0.3) is 0 Å². The van der Waals surface area contributed by atoms with Gasteiger partial charge in [-0.2, -0.15) is 0 Å². The molecule has 0 fully saturated rings. The third kappa shape index (κ3) is 6.25. The van der Waals surface area contributed by atoms with E-state index in [0.717, 1.165) is 11.3 Å². The topological polar surface area (TPSA) is 83.1 Å². The molecular formula is C24H18Cl4N4O3S. The molecule has 0 radical (unpaired) electrons. The van der Waals surface area contributed by atoms with Crippen LogP contribution in [0.25, 0.3) is 5.69 Å². The van der Waals surface area contributed by atoms with E-state index in [1.165, 1.54) is 11.8 Å². The van der Waals surface area contributed by atoms with E-state index in [-0.39, 0.29) is 28.9 Å². The van der Waals surface area contributed by atoms with Gasteiger partial charge in [-0.05, 0) is 55.0 Å². The number of nitrogens with zero attached hydrogens (tertiary/aromatic N) is 4. The van der Waals surface area contributed by atoms with Crippen LogP contribution in [0.15, 0.2) is 65.8 Å². The van der Waals surface area contributed by atoms with E-state index in [4.69, 9.17) is 51.1 Å². The van der Waals surface area contributed by atoms with Crippen molar-refractivity contribution in [1.29, 1.82) is 0 Å². The monoisotopic (exact) mass is 582 g/mol. The number of hydrogen-bond acceptors (Lipinski definition) is 6. The van der Waals surface area contributed by atoms with Crippen LogP contribution in [0.5, 0.6) is 5.75 Å². The van der Waals surface area contributed by atoms with Crippen LogP contribution in [0.3, 0.4) is 0 Å². The number of hydrogen-bond donors (Lipinski definition) is 0. The molecule has 1 heterocycles. The Hall–Kier alpha value is -2.49. The number of rotatable bonds is 9. The predicted octanol–water partition coefficient (Wildman–Crippen LogP) is 7.88. The van der Waals surface area contributed by atoms with Gasteiger partial charge < -0.3 is 4.74 Å². The molecule has 7 nitrogen and oxygen atoms in total. The Morgan fingerprint density at radius 2 is 1.67 bits per heavy atom. The molecule has 4 aromatic rings. The van der Waals surface area contributed by atoms with Crippen molar-refractivity contribution in [2.45, 2.75) is 23.9 Å². The smallest absolute Gasteiger partial charge is 0.220 e. The van der Waals surface area contributed by atoms with Crippen LogP contribution in [0.1, 0.15) is 22.2 Å². The van der Waals surface area contributed by atoms with Gasteiger partial charge in [-0.1, -0.05) is 76.4 Å². The second-order valence-corrected chi connectivity index (χ2v) is 10.5. The first-order valence-electron chi connectivity index (χ1n) is 10.5. The normalized spacial score (nSPS) is 11.9. The molecule has 0 unspecified atom stereocenters. The molecule has 0 aliphatic rings. The summed E-state index contributed by atoms with van der Waals surface area (Å²) in [5.74, 6) is 0.895. The maximum absolute atomic E-state index is 11.5. The first-order chi connectivity index (χ1) is 17.2. The lowest BCUT2D eigenvalue weighted by Crippen LogP contribution is -2.11. The zero-order chi connectivity index (χ0) is 25.8. The Balaban J connectivity index is 1.62. The zero-order valence-electron chi connectivity index (χ0n) is 18.7. The lowest BCUT2D eigenvalue weighted by molar-refractivity contribution is -0.479. The summed E-state index contributed by atoms with van der Waals surface area (Å²) >= 11 is 26.4. The molecule has 0 spiro atoms. The number of benzene rings is 3. The largest absolute Gasteiger partial charge is 0.486 e. The Labute approximate surface area is 231 Å². The van der Waals surface area contributed by atoms with Crippen LogP contribution >= 0.6 is 58.2 Å². The van der Waals surface area contributed by atoms with Gasteiger partial charge in [0.15, 0.2) is 10.9 Å². The van der Waals surface area contributed by atoms with Crippen molar-refractivity contribution in [3.8, 4) is 11.4 Å². The quantitative estimate of drug-likeness (QED) is 0.113. The summed E-state index contributed by atoms with van der Waals surface area (Å²) in [5.41, 5.74) is 2.11. The van der Waals surface area contributed by atoms with Crippen LogP contribution in [0.2, 0.25) is 20.1 Å². The Morgan fingerprint density at radius 3 is 2.31 bits per heavy atom. The number of thioether (sulfide) groups is 1. The molecule has 3 aromatic carbocycles. The van der Waals surface area contributed by atoms with Crippen molar-refractivity contribution in [1.82, 2.24) is 14.8 Å². The number of aryl methyl sites for hydroxylation is 1. The number of nitro groups is 1. The molecule has 0 amide bonds. The average Bonchev–Trinajstić information content (AvgIpc) is 3.19. The van der Waals surface area contributed by atoms with Crippen molar-refractivity contribution in [3.63, 3.8) is 0 Å². The van der Waals surface area contributed by atoms with Gasteiger partial charge in [-0.25, -0.2) is 0 Å². The fraction of sp³-hybridized carbons (Fsp3) is 0.167. The molecular weight excluding hydrogens is 566 g/mol. The lowest BCUT2D eigenvalue weighted by Gasteiger charge is -2.17. The highest BCUT2D eigenvalue weighted by Crippen LogP contribution is 2.42. The van der Waals surface area contributed by atoms with Crippen LogP contribution in [-0.4, -0.2) is 26.2 Å². The van der Waals surface area contributed by atoms with Crippen LogP contribution in [-0.2, 0) is 6.61 Å². The number of halogens is 4. The molecule has 1 atom stereocenters. The van der Waals surface area contributed by atoms with E-state index in [0.29, 0.717) is 26.6 Å². The molecule has 4 rings (SSSR count). The molecule has 1 aromatic heterocycles. The fourth-order valence-corrected chi connectivity index (χ4v) is 5.53. The predicted molar refractivity (Wildman–Crippen MR) is 144 cm³/mol. The minimum atomic E-state index is -0.651. The average molecular weight is 584 g/mol. The maximum atomic E-state index is 11.5. The summed E-state index contributed by atoms with van der Waals surface area (Å²) in [7, 11) is 0. The Kier molecular flexibility index (Phi) is 8.64. The molecule has 0 aliphatic carbocycles. The van der Waals surface area contributed by atoms with E-state index in [9.17, 15) is 10.1 Å². The van der Waals surface area contributed by atoms with Crippen LogP contribution in [0, 0.1) is 17.0 Å². The van der Waals surface area contributed by atoms with E-state index in [1.807, 2.05) is 30.3 Å². The lowest BCUT2D eigenvalue weighted by atomic mass is 10.1. The molecule has 0 saturated heterocycles. The SMILES string of the molecule is Cc1nnc(S[C@@H](C[N+](=O)[O-])c2cc(Cl)c(OCc3ccccc3Cl)c(Cl)c2)n1-c1ccc(Cl)cc1. The van der Waals surface area contributed by atoms with Crippen molar-refractivity contribution in [2.24, 2.45) is 0 Å². The number of aromatic nitrogens is 3. The standard InChI is InChI=1S/C24H18Cl4N4O3S/c1-14-29-30-24(32(14)18-8-6-17(25)7-9-18)36-22(12-31(33)34)16-10-20(27)23(21(28)11-16)35-13-15-4-2-3-5-19(15)26/h2-11,22H,12-13H2,1H3/t22-/m0/s1. The summed E-state index contributed by atoms with van der Waals surface area (Å²) in [6, 6.07) is 17.6. The number of ether oxygens (including phenoxy) is 1. The zero-order valence-corrected chi connectivity index (χ0v) is 22.5. The summed E-state index contributed by atoms with van der Waals surface area (Å²) < 4.78 is 7.64. The summed E-state index contributed by atoms with van der Waals surface area (Å²) in [6.45, 7) is 1.58. The minimum absolute atomic E-state index is 0.162. The molecule has 0 saturated carbocycles. The summed E-state index contributed by atoms with van der Waals surface area (Å²) in [4.78, 5) is 11.1. The minimum Gasteiger partial charge on any atom is -0.486 e. The highest BCUT2D eigenvalue weighted by atomic mass is 35.5. The molecule has 12 heteroatoms. The van der Waals surface area contributed by atoms with E-state index < -0.39 is 10.2 Å². The van der Waals surface area contributed by atoms with Gasteiger partial charge >= 0.3 is 0 Å². The van der Waals surface area contributed by atoms with Crippen LogP contribution in [0.4, 0.5) is 0 Å². The molecule has 0 aliphatic heterocycles.